The molecule has 1 atom stereocenters. The Labute approximate surface area is 131 Å². The number of benzene rings is 1. The Kier molecular flexibility index (Phi) is 7.81. The van der Waals surface area contributed by atoms with Crippen molar-refractivity contribution >= 4 is 0 Å². The lowest BCUT2D eigenvalue weighted by Gasteiger charge is -2.17. The molecule has 1 N–H and O–H groups in total. The molecular formula is C19H33NO. The topological polar surface area (TPSA) is 21.3 Å². The Morgan fingerprint density at radius 3 is 2.38 bits per heavy atom. The van der Waals surface area contributed by atoms with Crippen LogP contribution >= 0.6 is 0 Å². The van der Waals surface area contributed by atoms with E-state index >= 15 is 0 Å². The maximum absolute atomic E-state index is 5.99. The first-order valence-corrected chi connectivity index (χ1v) is 8.36. The quantitative estimate of drug-likeness (QED) is 0.653. The Hall–Kier alpha value is -1.02. The highest BCUT2D eigenvalue weighted by atomic mass is 16.5. The van der Waals surface area contributed by atoms with E-state index < -0.39 is 0 Å². The molecule has 0 spiro atoms. The molecule has 2 nitrogen and oxygen atoms in total. The van der Waals surface area contributed by atoms with E-state index in [4.69, 9.17) is 4.74 Å². The minimum absolute atomic E-state index is 0.499. The van der Waals surface area contributed by atoms with E-state index in [-0.39, 0.29) is 0 Å². The summed E-state index contributed by atoms with van der Waals surface area (Å²) in [5.74, 6) is 2.33. The van der Waals surface area contributed by atoms with Gasteiger partial charge in [0.05, 0.1) is 0 Å². The summed E-state index contributed by atoms with van der Waals surface area (Å²) >= 11 is 0. The molecule has 21 heavy (non-hydrogen) atoms. The molecule has 0 fully saturated rings. The van der Waals surface area contributed by atoms with E-state index in [0.29, 0.717) is 12.0 Å². The molecule has 1 rings (SSSR count). The maximum atomic E-state index is 5.99. The zero-order valence-electron chi connectivity index (χ0n) is 14.7. The third-order valence-electron chi connectivity index (χ3n) is 3.82. The fourth-order valence-electron chi connectivity index (χ4n) is 2.40. The van der Waals surface area contributed by atoms with Crippen molar-refractivity contribution in [3.8, 4) is 5.75 Å². The molecule has 1 aromatic carbocycles. The molecule has 0 heterocycles. The third kappa shape index (κ3) is 6.99. The van der Waals surface area contributed by atoms with Gasteiger partial charge in [-0.25, -0.2) is 0 Å². The van der Waals surface area contributed by atoms with E-state index in [0.717, 1.165) is 24.8 Å². The average Bonchev–Trinajstić information content (AvgIpc) is 2.41. The molecule has 0 aliphatic rings. The normalized spacial score (nSPS) is 13.0. The minimum atomic E-state index is 0.499. The molecule has 0 bridgehead atoms. The second-order valence-electron chi connectivity index (χ2n) is 6.87. The molecule has 0 aliphatic heterocycles. The zero-order chi connectivity index (χ0) is 15.8. The first-order chi connectivity index (χ1) is 9.90. The fourth-order valence-corrected chi connectivity index (χ4v) is 2.40. The number of hydrogen-bond donors (Lipinski definition) is 1. The average molecular weight is 291 g/mol. The lowest BCUT2D eigenvalue weighted by molar-refractivity contribution is 0.299. The van der Waals surface area contributed by atoms with Crippen molar-refractivity contribution < 1.29 is 4.74 Å². The van der Waals surface area contributed by atoms with Crippen molar-refractivity contribution in [1.82, 2.24) is 5.32 Å². The highest BCUT2D eigenvalue weighted by molar-refractivity contribution is 5.39. The predicted octanol–water partition coefficient (Wildman–Crippen LogP) is 4.91. The minimum Gasteiger partial charge on any atom is -0.492 e. The van der Waals surface area contributed by atoms with Crippen LogP contribution in [0.25, 0.3) is 0 Å². The number of rotatable bonds is 9. The van der Waals surface area contributed by atoms with Crippen LogP contribution in [0.3, 0.4) is 0 Å². The SMILES string of the molecule is Cc1ccc(C(C)C)c(OCCNC(C)CCC(C)C)c1. The summed E-state index contributed by atoms with van der Waals surface area (Å²) in [6.45, 7) is 15.0. The van der Waals surface area contributed by atoms with Crippen LogP contribution in [0.2, 0.25) is 0 Å². The first kappa shape index (κ1) is 18.0. The van der Waals surface area contributed by atoms with Crippen LogP contribution in [0.5, 0.6) is 5.75 Å². The summed E-state index contributed by atoms with van der Waals surface area (Å²) in [4.78, 5) is 0. The van der Waals surface area contributed by atoms with Crippen molar-refractivity contribution in [2.24, 2.45) is 5.92 Å². The standard InChI is InChI=1S/C19H33NO/c1-14(2)7-9-17(6)20-11-12-21-19-13-16(5)8-10-18(19)15(3)4/h8,10,13-15,17,20H,7,9,11-12H2,1-6H3. The van der Waals surface area contributed by atoms with E-state index in [1.54, 1.807) is 0 Å². The number of nitrogens with one attached hydrogen (secondary N) is 1. The maximum Gasteiger partial charge on any atom is 0.123 e. The van der Waals surface area contributed by atoms with Gasteiger partial charge in [0.2, 0.25) is 0 Å². The fraction of sp³-hybridized carbons (Fsp3) is 0.684. The summed E-state index contributed by atoms with van der Waals surface area (Å²) in [6, 6.07) is 7.07. The lowest BCUT2D eigenvalue weighted by Crippen LogP contribution is -2.30. The van der Waals surface area contributed by atoms with Crippen LogP contribution in [0.1, 0.15) is 64.5 Å². The second-order valence-corrected chi connectivity index (χ2v) is 6.87. The monoisotopic (exact) mass is 291 g/mol. The number of ether oxygens (including phenoxy) is 1. The van der Waals surface area contributed by atoms with Gasteiger partial charge in [-0.15, -0.1) is 0 Å². The molecule has 2 heteroatoms. The smallest absolute Gasteiger partial charge is 0.123 e. The van der Waals surface area contributed by atoms with Crippen LogP contribution < -0.4 is 10.1 Å². The van der Waals surface area contributed by atoms with Gasteiger partial charge in [0, 0.05) is 12.6 Å². The molecule has 120 valence electrons. The molecule has 1 unspecified atom stereocenters. The molecule has 0 aromatic heterocycles. The number of hydrogen-bond acceptors (Lipinski definition) is 2. The van der Waals surface area contributed by atoms with Gasteiger partial charge in [-0.2, -0.15) is 0 Å². The predicted molar refractivity (Wildman–Crippen MR) is 92.3 cm³/mol. The summed E-state index contributed by atoms with van der Waals surface area (Å²) in [5.41, 5.74) is 2.56. The van der Waals surface area contributed by atoms with Crippen LogP contribution in [0.15, 0.2) is 18.2 Å². The van der Waals surface area contributed by atoms with Crippen molar-refractivity contribution in [1.29, 1.82) is 0 Å². The van der Waals surface area contributed by atoms with Crippen LogP contribution in [-0.2, 0) is 0 Å². The Bertz CT molecular complexity index is 412. The van der Waals surface area contributed by atoms with Gasteiger partial charge in [-0.1, -0.05) is 39.8 Å². The largest absolute Gasteiger partial charge is 0.492 e. The second kappa shape index (κ2) is 9.09. The Balaban J connectivity index is 2.37. The van der Waals surface area contributed by atoms with Crippen LogP contribution in [0, 0.1) is 12.8 Å². The molecule has 0 radical (unpaired) electrons. The zero-order valence-corrected chi connectivity index (χ0v) is 14.7. The highest BCUT2D eigenvalue weighted by Crippen LogP contribution is 2.27. The van der Waals surface area contributed by atoms with Crippen molar-refractivity contribution in [3.05, 3.63) is 29.3 Å². The summed E-state index contributed by atoms with van der Waals surface area (Å²) < 4.78 is 5.99. The first-order valence-electron chi connectivity index (χ1n) is 8.36. The number of aryl methyl sites for hydroxylation is 1. The lowest BCUT2D eigenvalue weighted by atomic mass is 10.0. The Morgan fingerprint density at radius 2 is 1.76 bits per heavy atom. The molecule has 1 aromatic rings. The van der Waals surface area contributed by atoms with E-state index in [2.05, 4.69) is 65.1 Å². The Morgan fingerprint density at radius 1 is 1.05 bits per heavy atom. The van der Waals surface area contributed by atoms with Crippen LogP contribution in [0.4, 0.5) is 0 Å². The van der Waals surface area contributed by atoms with Crippen molar-refractivity contribution in [2.45, 2.75) is 66.3 Å². The van der Waals surface area contributed by atoms with Crippen molar-refractivity contribution in [3.63, 3.8) is 0 Å². The molecular weight excluding hydrogens is 258 g/mol. The highest BCUT2D eigenvalue weighted by Gasteiger charge is 2.08. The van der Waals surface area contributed by atoms with Gasteiger partial charge in [0.25, 0.3) is 0 Å². The third-order valence-corrected chi connectivity index (χ3v) is 3.82. The molecule has 0 aliphatic carbocycles. The van der Waals surface area contributed by atoms with Gasteiger partial charge in [0.1, 0.15) is 12.4 Å². The van der Waals surface area contributed by atoms with Gasteiger partial charge >= 0.3 is 0 Å². The van der Waals surface area contributed by atoms with E-state index in [9.17, 15) is 0 Å². The van der Waals surface area contributed by atoms with Crippen molar-refractivity contribution in [2.75, 3.05) is 13.2 Å². The van der Waals surface area contributed by atoms with E-state index in [1.807, 2.05) is 0 Å². The van der Waals surface area contributed by atoms with Gasteiger partial charge in [-0.05, 0) is 55.7 Å². The van der Waals surface area contributed by atoms with Gasteiger partial charge in [0.15, 0.2) is 0 Å². The molecule has 0 amide bonds. The summed E-state index contributed by atoms with van der Waals surface area (Å²) in [5, 5.41) is 3.55. The summed E-state index contributed by atoms with van der Waals surface area (Å²) in [6.07, 6.45) is 2.52. The van der Waals surface area contributed by atoms with E-state index in [1.165, 1.54) is 24.0 Å². The molecule has 0 saturated heterocycles. The van der Waals surface area contributed by atoms with Gasteiger partial charge in [-0.3, -0.25) is 0 Å². The molecule has 0 saturated carbocycles. The summed E-state index contributed by atoms with van der Waals surface area (Å²) in [7, 11) is 0. The van der Waals surface area contributed by atoms with Gasteiger partial charge < -0.3 is 10.1 Å². The van der Waals surface area contributed by atoms with Crippen LogP contribution in [-0.4, -0.2) is 19.2 Å².